The number of carbonyl (C=O) groups is 1. The van der Waals surface area contributed by atoms with Gasteiger partial charge in [-0.15, -0.1) is 0 Å². The van der Waals surface area contributed by atoms with E-state index < -0.39 is 0 Å². The van der Waals surface area contributed by atoms with Crippen molar-refractivity contribution in [2.24, 2.45) is 0 Å². The van der Waals surface area contributed by atoms with Crippen LogP contribution in [0.15, 0.2) is 18.2 Å². The molecule has 0 aromatic heterocycles. The Bertz CT molecular complexity index is 415. The molecule has 0 fully saturated rings. The SMILES string of the molecule is CCCCC(=O)NCc1cccc2c1NCCC2. The van der Waals surface area contributed by atoms with Gasteiger partial charge in [0.1, 0.15) is 0 Å². The van der Waals surface area contributed by atoms with E-state index in [1.54, 1.807) is 0 Å². The van der Waals surface area contributed by atoms with Crippen LogP contribution in [0.25, 0.3) is 0 Å². The first-order valence-corrected chi connectivity index (χ1v) is 6.92. The van der Waals surface area contributed by atoms with Crippen LogP contribution in [0.1, 0.15) is 43.7 Å². The monoisotopic (exact) mass is 246 g/mol. The highest BCUT2D eigenvalue weighted by Crippen LogP contribution is 2.25. The van der Waals surface area contributed by atoms with Crippen molar-refractivity contribution >= 4 is 11.6 Å². The van der Waals surface area contributed by atoms with Crippen LogP contribution in [-0.4, -0.2) is 12.5 Å². The normalized spacial score (nSPS) is 13.6. The number of unbranched alkanes of at least 4 members (excludes halogenated alkanes) is 1. The molecule has 0 radical (unpaired) electrons. The van der Waals surface area contributed by atoms with E-state index in [0.717, 1.165) is 25.8 Å². The van der Waals surface area contributed by atoms with Gasteiger partial charge in [-0.3, -0.25) is 4.79 Å². The van der Waals surface area contributed by atoms with Gasteiger partial charge in [0.2, 0.25) is 5.91 Å². The molecule has 98 valence electrons. The fourth-order valence-corrected chi connectivity index (χ4v) is 2.35. The maximum atomic E-state index is 11.6. The van der Waals surface area contributed by atoms with Crippen molar-refractivity contribution in [3.8, 4) is 0 Å². The highest BCUT2D eigenvalue weighted by atomic mass is 16.1. The molecule has 2 N–H and O–H groups in total. The maximum Gasteiger partial charge on any atom is 0.220 e. The number of anilines is 1. The van der Waals surface area contributed by atoms with Crippen molar-refractivity contribution in [3.63, 3.8) is 0 Å². The zero-order chi connectivity index (χ0) is 12.8. The van der Waals surface area contributed by atoms with E-state index in [1.165, 1.54) is 23.2 Å². The molecule has 18 heavy (non-hydrogen) atoms. The van der Waals surface area contributed by atoms with Crippen molar-refractivity contribution in [1.82, 2.24) is 5.32 Å². The number of hydrogen-bond donors (Lipinski definition) is 2. The molecular weight excluding hydrogens is 224 g/mol. The zero-order valence-electron chi connectivity index (χ0n) is 11.1. The third-order valence-corrected chi connectivity index (χ3v) is 3.40. The minimum absolute atomic E-state index is 0.158. The molecule has 1 aromatic rings. The lowest BCUT2D eigenvalue weighted by molar-refractivity contribution is -0.121. The molecule has 1 heterocycles. The molecule has 0 atom stereocenters. The number of fused-ring (bicyclic) bond motifs is 1. The van der Waals surface area contributed by atoms with Crippen LogP contribution in [0.5, 0.6) is 0 Å². The van der Waals surface area contributed by atoms with Crippen LogP contribution in [0.3, 0.4) is 0 Å². The molecule has 1 amide bonds. The second-order valence-electron chi connectivity index (χ2n) is 4.86. The molecule has 0 saturated heterocycles. The first-order chi connectivity index (χ1) is 8.81. The largest absolute Gasteiger partial charge is 0.385 e. The van der Waals surface area contributed by atoms with E-state index >= 15 is 0 Å². The quantitative estimate of drug-likeness (QED) is 0.838. The van der Waals surface area contributed by atoms with E-state index in [9.17, 15) is 4.79 Å². The summed E-state index contributed by atoms with van der Waals surface area (Å²) in [6, 6.07) is 6.35. The van der Waals surface area contributed by atoms with Gasteiger partial charge in [-0.1, -0.05) is 31.5 Å². The van der Waals surface area contributed by atoms with Gasteiger partial charge < -0.3 is 10.6 Å². The first kappa shape index (κ1) is 12.9. The summed E-state index contributed by atoms with van der Waals surface area (Å²) in [5.74, 6) is 0.158. The fraction of sp³-hybridized carbons (Fsp3) is 0.533. The van der Waals surface area contributed by atoms with Crippen LogP contribution < -0.4 is 10.6 Å². The summed E-state index contributed by atoms with van der Waals surface area (Å²) in [6.45, 7) is 3.78. The molecule has 3 nitrogen and oxygen atoms in total. The number of benzene rings is 1. The molecule has 1 aliphatic heterocycles. The number of nitrogens with one attached hydrogen (secondary N) is 2. The smallest absolute Gasteiger partial charge is 0.220 e. The van der Waals surface area contributed by atoms with Gasteiger partial charge in [0, 0.05) is 25.2 Å². The van der Waals surface area contributed by atoms with Crippen LogP contribution in [0.4, 0.5) is 5.69 Å². The van der Waals surface area contributed by atoms with E-state index in [2.05, 4.69) is 35.8 Å². The van der Waals surface area contributed by atoms with Crippen LogP contribution in [0, 0.1) is 0 Å². The third-order valence-electron chi connectivity index (χ3n) is 3.40. The lowest BCUT2D eigenvalue weighted by atomic mass is 9.99. The van der Waals surface area contributed by atoms with Crippen molar-refractivity contribution in [2.75, 3.05) is 11.9 Å². The lowest BCUT2D eigenvalue weighted by Crippen LogP contribution is -2.24. The zero-order valence-corrected chi connectivity index (χ0v) is 11.1. The van der Waals surface area contributed by atoms with Gasteiger partial charge in [-0.25, -0.2) is 0 Å². The van der Waals surface area contributed by atoms with Crippen molar-refractivity contribution in [1.29, 1.82) is 0 Å². The Labute approximate surface area is 109 Å². The number of carbonyl (C=O) groups excluding carboxylic acids is 1. The summed E-state index contributed by atoms with van der Waals surface area (Å²) in [7, 11) is 0. The van der Waals surface area contributed by atoms with Gasteiger partial charge in [0.15, 0.2) is 0 Å². The maximum absolute atomic E-state index is 11.6. The highest BCUT2D eigenvalue weighted by molar-refractivity contribution is 5.76. The van der Waals surface area contributed by atoms with E-state index in [1.807, 2.05) is 0 Å². The van der Waals surface area contributed by atoms with Gasteiger partial charge in [-0.05, 0) is 30.4 Å². The van der Waals surface area contributed by atoms with Crippen LogP contribution >= 0.6 is 0 Å². The van der Waals surface area contributed by atoms with Crippen molar-refractivity contribution < 1.29 is 4.79 Å². The molecule has 1 aliphatic rings. The van der Waals surface area contributed by atoms with E-state index in [-0.39, 0.29) is 5.91 Å². The number of aryl methyl sites for hydroxylation is 1. The van der Waals surface area contributed by atoms with Crippen LogP contribution in [-0.2, 0) is 17.8 Å². The Morgan fingerprint density at radius 3 is 3.17 bits per heavy atom. The Hall–Kier alpha value is -1.51. The lowest BCUT2D eigenvalue weighted by Gasteiger charge is -2.21. The summed E-state index contributed by atoms with van der Waals surface area (Å²) in [6.07, 6.45) is 5.00. The van der Waals surface area contributed by atoms with Crippen molar-refractivity contribution in [2.45, 2.75) is 45.6 Å². The summed E-state index contributed by atoms with van der Waals surface area (Å²) < 4.78 is 0. The summed E-state index contributed by atoms with van der Waals surface area (Å²) >= 11 is 0. The number of para-hydroxylation sites is 1. The highest BCUT2D eigenvalue weighted by Gasteiger charge is 2.12. The number of hydrogen-bond acceptors (Lipinski definition) is 2. The Balaban J connectivity index is 1.95. The Morgan fingerprint density at radius 1 is 1.44 bits per heavy atom. The minimum atomic E-state index is 0.158. The summed E-state index contributed by atoms with van der Waals surface area (Å²) in [4.78, 5) is 11.6. The minimum Gasteiger partial charge on any atom is -0.385 e. The third kappa shape index (κ3) is 3.25. The Morgan fingerprint density at radius 2 is 2.33 bits per heavy atom. The summed E-state index contributed by atoms with van der Waals surface area (Å²) in [5.41, 5.74) is 3.82. The predicted octanol–water partition coefficient (Wildman–Crippen LogP) is 2.85. The molecule has 0 spiro atoms. The molecule has 3 heteroatoms. The van der Waals surface area contributed by atoms with Crippen LogP contribution in [0.2, 0.25) is 0 Å². The van der Waals surface area contributed by atoms with Crippen molar-refractivity contribution in [3.05, 3.63) is 29.3 Å². The van der Waals surface area contributed by atoms with E-state index in [4.69, 9.17) is 0 Å². The number of rotatable bonds is 5. The molecular formula is C15H22N2O. The second kappa shape index (κ2) is 6.43. The van der Waals surface area contributed by atoms with Gasteiger partial charge in [0.25, 0.3) is 0 Å². The first-order valence-electron chi connectivity index (χ1n) is 6.92. The summed E-state index contributed by atoms with van der Waals surface area (Å²) in [5, 5.41) is 6.45. The molecule has 0 unspecified atom stereocenters. The topological polar surface area (TPSA) is 41.1 Å². The molecule has 0 bridgehead atoms. The molecule has 2 rings (SSSR count). The Kier molecular flexibility index (Phi) is 4.62. The van der Waals surface area contributed by atoms with Gasteiger partial charge >= 0.3 is 0 Å². The average Bonchev–Trinajstić information content (AvgIpc) is 2.42. The fourth-order valence-electron chi connectivity index (χ4n) is 2.35. The molecule has 0 saturated carbocycles. The van der Waals surface area contributed by atoms with E-state index in [0.29, 0.717) is 13.0 Å². The molecule has 1 aromatic carbocycles. The second-order valence-corrected chi connectivity index (χ2v) is 4.86. The standard InChI is InChI=1S/C15H22N2O/c1-2-3-9-14(18)17-11-13-7-4-6-12-8-5-10-16-15(12)13/h4,6-7,16H,2-3,5,8-11H2,1H3,(H,17,18). The average molecular weight is 246 g/mol. The van der Waals surface area contributed by atoms with Gasteiger partial charge in [0.05, 0.1) is 0 Å². The predicted molar refractivity (Wildman–Crippen MR) is 74.6 cm³/mol. The number of amides is 1. The van der Waals surface area contributed by atoms with Gasteiger partial charge in [-0.2, -0.15) is 0 Å². The molecule has 0 aliphatic carbocycles.